The first kappa shape index (κ1) is 47.9. The number of aromatic nitrogens is 2. The molecule has 4 aromatic rings. The average molecular weight is 912 g/mol. The van der Waals surface area contributed by atoms with Gasteiger partial charge < -0.3 is 29.6 Å². The minimum atomic E-state index is -3.91. The Hall–Kier alpha value is -4.80. The van der Waals surface area contributed by atoms with Gasteiger partial charge in [0.05, 0.1) is 27.3 Å². The number of amides is 2. The summed E-state index contributed by atoms with van der Waals surface area (Å²) < 4.78 is 76.3. The first-order chi connectivity index (χ1) is 28.3. The quantitative estimate of drug-likeness (QED) is 0.0944. The van der Waals surface area contributed by atoms with Crippen molar-refractivity contribution >= 4 is 55.4 Å². The van der Waals surface area contributed by atoms with Crippen LogP contribution in [0.1, 0.15) is 33.4 Å². The fraction of sp³-hybridized carbons (Fsp3) is 0.368. The highest BCUT2D eigenvalue weighted by Crippen LogP contribution is 2.34. The molecule has 0 aliphatic rings. The molecular weight excluding hydrogens is 864 g/mol. The highest BCUT2D eigenvalue weighted by molar-refractivity contribution is 7.87. The predicted octanol–water partition coefficient (Wildman–Crippen LogP) is 3.27. The zero-order chi connectivity index (χ0) is 44.4. The lowest BCUT2D eigenvalue weighted by molar-refractivity contribution is -0.119. The molecule has 2 heterocycles. The van der Waals surface area contributed by atoms with Gasteiger partial charge in [-0.3, -0.25) is 9.59 Å². The van der Waals surface area contributed by atoms with Crippen LogP contribution in [0.5, 0.6) is 23.5 Å². The molecule has 0 saturated carbocycles. The molecule has 0 fully saturated rings. The summed E-state index contributed by atoms with van der Waals surface area (Å²) in [7, 11) is 0.275. The minimum absolute atomic E-state index is 0.108. The molecule has 0 aliphatic heterocycles. The van der Waals surface area contributed by atoms with Crippen LogP contribution in [-0.2, 0) is 56.3 Å². The van der Waals surface area contributed by atoms with E-state index in [9.17, 15) is 26.4 Å². The number of nitrogens with one attached hydrogen (secondary N) is 4. The van der Waals surface area contributed by atoms with Gasteiger partial charge in [0, 0.05) is 52.4 Å². The smallest absolute Gasteiger partial charge is 0.303 e. The molecule has 326 valence electrons. The van der Waals surface area contributed by atoms with Crippen LogP contribution in [-0.4, -0.2) is 103 Å². The van der Waals surface area contributed by atoms with Gasteiger partial charge >= 0.3 is 20.4 Å². The Kier molecular flexibility index (Phi) is 16.9. The Bertz CT molecular complexity index is 2250. The zero-order valence-corrected chi connectivity index (χ0v) is 37.5. The fourth-order valence-corrected chi connectivity index (χ4v) is 7.06. The second-order valence-corrected chi connectivity index (χ2v) is 18.1. The maximum Gasteiger partial charge on any atom is 0.303 e. The number of carbonyl (C=O) groups is 2. The molecule has 2 aromatic heterocycles. The molecule has 0 saturated heterocycles. The van der Waals surface area contributed by atoms with Crippen LogP contribution in [0.4, 0.5) is 0 Å². The van der Waals surface area contributed by atoms with Crippen molar-refractivity contribution in [2.24, 2.45) is 0 Å². The molecule has 22 heteroatoms. The van der Waals surface area contributed by atoms with E-state index in [4.69, 9.17) is 42.1 Å². The number of carbonyl (C=O) groups excluding carboxylic acids is 2. The molecule has 4 N–H and O–H groups in total. The number of hydrogen-bond donors (Lipinski definition) is 4. The molecule has 0 unspecified atom stereocenters. The lowest BCUT2D eigenvalue weighted by Crippen LogP contribution is -2.43. The summed E-state index contributed by atoms with van der Waals surface area (Å²) in [6.07, 6.45) is 0. The highest BCUT2D eigenvalue weighted by atomic mass is 35.5. The summed E-state index contributed by atoms with van der Waals surface area (Å²) in [6, 6.07) is 15.0. The Balaban J connectivity index is 1.41. The number of halogens is 2. The standard InChI is InChI=1S/C38H48Cl2N8O10S2/c1-23-25(21-57-37-31(39)15-27(35(43-37)55-7)17-41-19-33(49)45-59(51,52)47(3)4)11-9-13-29(23)30-14-10-12-26(24(30)2)22-58-38-32(40)16-28(36(44-38)56-8)18-42-20-34(50)46-60(53,54)48(5)6/h9-16,41-42H,17-22H2,1-8H3,(H,45,49)(H,46,50). The topological polar surface area (TPSA) is 220 Å². The van der Waals surface area contributed by atoms with Crippen molar-refractivity contribution in [2.45, 2.75) is 40.2 Å². The molecule has 0 aliphatic carbocycles. The molecule has 0 radical (unpaired) electrons. The number of pyridine rings is 2. The van der Waals surface area contributed by atoms with E-state index in [0.717, 1.165) is 42.0 Å². The SMILES string of the molecule is COc1nc(OCc2cccc(-c3cccc(COc4nc(OC)c(CNCC(=O)NS(=O)(=O)N(C)C)cc4Cl)c3C)c2C)c(Cl)cc1CNCC(=O)NS(=O)(=O)N(C)C. The summed E-state index contributed by atoms with van der Waals surface area (Å²) in [5.41, 5.74) is 6.69. The van der Waals surface area contributed by atoms with Crippen molar-refractivity contribution in [3.63, 3.8) is 0 Å². The molecular formula is C38H48Cl2N8O10S2. The van der Waals surface area contributed by atoms with Gasteiger partial charge in [-0.2, -0.15) is 35.4 Å². The van der Waals surface area contributed by atoms with E-state index in [1.807, 2.05) is 59.7 Å². The molecule has 0 spiro atoms. The minimum Gasteiger partial charge on any atom is -0.481 e. The van der Waals surface area contributed by atoms with Crippen LogP contribution in [0, 0.1) is 13.8 Å². The van der Waals surface area contributed by atoms with E-state index in [2.05, 4.69) is 20.6 Å². The van der Waals surface area contributed by atoms with Gasteiger partial charge in [-0.1, -0.05) is 59.6 Å². The largest absolute Gasteiger partial charge is 0.481 e. The molecule has 2 amide bonds. The van der Waals surface area contributed by atoms with Gasteiger partial charge in [0.2, 0.25) is 35.3 Å². The summed E-state index contributed by atoms with van der Waals surface area (Å²) in [6.45, 7) is 3.90. The maximum atomic E-state index is 12.1. The zero-order valence-electron chi connectivity index (χ0n) is 34.3. The van der Waals surface area contributed by atoms with Crippen molar-refractivity contribution < 1.29 is 45.4 Å². The van der Waals surface area contributed by atoms with Crippen molar-refractivity contribution in [2.75, 3.05) is 55.5 Å². The van der Waals surface area contributed by atoms with Gasteiger partial charge in [0.15, 0.2) is 0 Å². The Morgan fingerprint density at radius 3 is 1.32 bits per heavy atom. The van der Waals surface area contributed by atoms with Crippen molar-refractivity contribution in [3.8, 4) is 34.6 Å². The summed E-state index contributed by atoms with van der Waals surface area (Å²) >= 11 is 13.1. The number of rotatable bonds is 21. The molecule has 60 heavy (non-hydrogen) atoms. The monoisotopic (exact) mass is 910 g/mol. The van der Waals surface area contributed by atoms with Gasteiger partial charge in [-0.25, -0.2) is 9.44 Å². The maximum absolute atomic E-state index is 12.1. The number of hydrogen-bond acceptors (Lipinski definition) is 14. The number of benzene rings is 2. The van der Waals surface area contributed by atoms with Crippen LogP contribution >= 0.6 is 23.2 Å². The van der Waals surface area contributed by atoms with Gasteiger partial charge in [-0.15, -0.1) is 0 Å². The second-order valence-electron chi connectivity index (χ2n) is 13.5. The molecule has 0 atom stereocenters. The van der Waals surface area contributed by atoms with Crippen molar-refractivity contribution in [1.82, 2.24) is 38.7 Å². The van der Waals surface area contributed by atoms with E-state index in [1.165, 1.54) is 42.4 Å². The van der Waals surface area contributed by atoms with Crippen LogP contribution in [0.3, 0.4) is 0 Å². The first-order valence-corrected chi connectivity index (χ1v) is 21.7. The third-order valence-corrected chi connectivity index (χ3v) is 12.3. The normalized spacial score (nSPS) is 11.7. The van der Waals surface area contributed by atoms with Crippen molar-refractivity contribution in [3.05, 3.63) is 92.0 Å². The molecule has 0 bridgehead atoms. The fourth-order valence-electron chi connectivity index (χ4n) is 5.52. The molecule has 18 nitrogen and oxygen atoms in total. The number of methoxy groups -OCH3 is 2. The van der Waals surface area contributed by atoms with Gasteiger partial charge in [-0.05, 0) is 59.4 Å². The van der Waals surface area contributed by atoms with E-state index < -0.39 is 32.2 Å². The van der Waals surface area contributed by atoms with E-state index >= 15 is 0 Å². The number of nitrogens with zero attached hydrogens (tertiary/aromatic N) is 4. The van der Waals surface area contributed by atoms with Gasteiger partial charge in [0.1, 0.15) is 23.3 Å². The van der Waals surface area contributed by atoms with E-state index in [0.29, 0.717) is 11.1 Å². The summed E-state index contributed by atoms with van der Waals surface area (Å²) in [5.74, 6) is -0.773. The van der Waals surface area contributed by atoms with Crippen molar-refractivity contribution in [1.29, 1.82) is 0 Å². The lowest BCUT2D eigenvalue weighted by atomic mass is 9.92. The van der Waals surface area contributed by atoms with Crippen LogP contribution in [0.25, 0.3) is 11.1 Å². The predicted molar refractivity (Wildman–Crippen MR) is 227 cm³/mol. The third-order valence-electron chi connectivity index (χ3n) is 8.91. The summed E-state index contributed by atoms with van der Waals surface area (Å²) in [4.78, 5) is 33.1. The Labute approximate surface area is 360 Å². The Morgan fingerprint density at radius 1 is 0.617 bits per heavy atom. The number of ether oxygens (including phenoxy) is 4. The highest BCUT2D eigenvalue weighted by Gasteiger charge is 2.20. The van der Waals surface area contributed by atoms with Crippen LogP contribution in [0.15, 0.2) is 48.5 Å². The van der Waals surface area contributed by atoms with Crippen LogP contribution in [0.2, 0.25) is 10.0 Å². The van der Waals surface area contributed by atoms with Crippen LogP contribution < -0.4 is 39.0 Å². The average Bonchev–Trinajstić information content (AvgIpc) is 3.17. The van der Waals surface area contributed by atoms with E-state index in [-0.39, 0.29) is 73.0 Å². The molecule has 2 aromatic carbocycles. The second kappa shape index (κ2) is 21.1. The van der Waals surface area contributed by atoms with Gasteiger partial charge in [0.25, 0.3) is 0 Å². The lowest BCUT2D eigenvalue weighted by Gasteiger charge is -2.18. The molecule has 4 rings (SSSR count). The van der Waals surface area contributed by atoms with E-state index in [1.54, 1.807) is 12.1 Å². The first-order valence-electron chi connectivity index (χ1n) is 18.0. The Morgan fingerprint density at radius 2 is 0.983 bits per heavy atom. The third kappa shape index (κ3) is 12.6. The summed E-state index contributed by atoms with van der Waals surface area (Å²) in [5, 5.41) is 6.14.